The Balaban J connectivity index is 0.996. The number of rotatable bonds is 15. The Morgan fingerprint density at radius 1 is 1.08 bits per heavy atom. The number of pyridine rings is 1. The van der Waals surface area contributed by atoms with E-state index >= 15 is 0 Å². The van der Waals surface area contributed by atoms with E-state index in [1.54, 1.807) is 0 Å². The highest BCUT2D eigenvalue weighted by molar-refractivity contribution is 6.31. The fourth-order valence-corrected chi connectivity index (χ4v) is 6.55. The minimum atomic E-state index is -1.56. The normalized spacial score (nSPS) is 25.0. The standard InChI is InChI=1S/C37H46ClN3O8/c1-22(6-4-5-16-40-36(46)41-32-34(44)33(43)31(20-42)49-35(32)45)23-9-12-29(38)24(18-23)21-47-37(14-15-37)28-19-39-17-13-26(28)27-7-2-3-8-30(27)48-25-10-11-25/h2-3,7-9,12-13,17-19,22,25,31-35,42-45H,4-6,10-11,14-16,20-21H2,1H3,(H2,40,41,46)/t22-,31-,32-,33-,34-,35-/m1/s1. The number of ether oxygens (including phenoxy) is 3. The van der Waals surface area contributed by atoms with Gasteiger partial charge in [0.25, 0.3) is 0 Å². The lowest BCUT2D eigenvalue weighted by molar-refractivity contribution is -0.252. The van der Waals surface area contributed by atoms with E-state index in [1.165, 1.54) is 0 Å². The van der Waals surface area contributed by atoms with E-state index < -0.39 is 48.9 Å². The molecule has 0 spiro atoms. The molecule has 1 aromatic heterocycles. The summed E-state index contributed by atoms with van der Waals surface area (Å²) < 4.78 is 18.0. The zero-order valence-corrected chi connectivity index (χ0v) is 28.4. The summed E-state index contributed by atoms with van der Waals surface area (Å²) in [5, 5.41) is 45.3. The molecule has 3 aliphatic rings. The smallest absolute Gasteiger partial charge is 0.315 e. The molecule has 2 saturated carbocycles. The minimum absolute atomic E-state index is 0.248. The summed E-state index contributed by atoms with van der Waals surface area (Å²) in [4.78, 5) is 16.8. The maximum absolute atomic E-state index is 12.4. The van der Waals surface area contributed by atoms with Crippen molar-refractivity contribution in [2.24, 2.45) is 0 Å². The number of unbranched alkanes of at least 4 members (excludes halogenated alkanes) is 1. The van der Waals surface area contributed by atoms with Crippen LogP contribution < -0.4 is 15.4 Å². The average Bonchev–Trinajstić information content (AvgIpc) is 4.05. The largest absolute Gasteiger partial charge is 0.490 e. The lowest BCUT2D eigenvalue weighted by atomic mass is 9.94. The predicted molar refractivity (Wildman–Crippen MR) is 183 cm³/mol. The van der Waals surface area contributed by atoms with Gasteiger partial charge in [0.1, 0.15) is 30.1 Å². The van der Waals surface area contributed by atoms with Crippen molar-refractivity contribution in [3.8, 4) is 16.9 Å². The molecule has 2 aliphatic carbocycles. The summed E-state index contributed by atoms with van der Waals surface area (Å²) in [5.41, 5.74) is 4.87. The van der Waals surface area contributed by atoms with Gasteiger partial charge < -0.3 is 45.3 Å². The highest BCUT2D eigenvalue weighted by Gasteiger charge is 2.48. The van der Waals surface area contributed by atoms with Gasteiger partial charge in [-0.2, -0.15) is 0 Å². The van der Waals surface area contributed by atoms with E-state index in [4.69, 9.17) is 25.8 Å². The van der Waals surface area contributed by atoms with Crippen molar-refractivity contribution < 1.29 is 39.4 Å². The van der Waals surface area contributed by atoms with Gasteiger partial charge in [0.15, 0.2) is 6.29 Å². The third-order valence-electron chi connectivity index (χ3n) is 9.70. The summed E-state index contributed by atoms with van der Waals surface area (Å²) in [6, 6.07) is 14.5. The number of carbonyl (C=O) groups excluding carboxylic acids is 1. The molecule has 264 valence electrons. The summed E-state index contributed by atoms with van der Waals surface area (Å²) in [5.74, 6) is 1.14. The van der Waals surface area contributed by atoms with Crippen LogP contribution in [0.1, 0.15) is 74.5 Å². The molecule has 0 bridgehead atoms. The molecule has 6 rings (SSSR count). The van der Waals surface area contributed by atoms with Gasteiger partial charge in [0, 0.05) is 35.1 Å². The van der Waals surface area contributed by atoms with E-state index in [2.05, 4.69) is 34.7 Å². The highest BCUT2D eigenvalue weighted by atomic mass is 35.5. The van der Waals surface area contributed by atoms with Crippen LogP contribution in [-0.4, -0.2) is 81.3 Å². The number of aliphatic hydroxyl groups excluding tert-OH is 4. The van der Waals surface area contributed by atoms with Crippen molar-refractivity contribution in [1.29, 1.82) is 0 Å². The number of nitrogens with one attached hydrogen (secondary N) is 2. The first-order valence-electron chi connectivity index (χ1n) is 17.2. The van der Waals surface area contributed by atoms with Crippen LogP contribution in [-0.2, 0) is 21.7 Å². The molecule has 6 atom stereocenters. The Morgan fingerprint density at radius 2 is 1.88 bits per heavy atom. The molecule has 0 unspecified atom stereocenters. The number of nitrogens with zero attached hydrogens (tertiary/aromatic N) is 1. The fourth-order valence-electron chi connectivity index (χ4n) is 6.38. The van der Waals surface area contributed by atoms with Crippen LogP contribution in [0.5, 0.6) is 5.75 Å². The number of amides is 2. The van der Waals surface area contributed by atoms with Gasteiger partial charge in [-0.3, -0.25) is 4.98 Å². The number of aromatic nitrogens is 1. The number of benzene rings is 2. The Bertz CT molecular complexity index is 1580. The molecule has 0 radical (unpaired) electrons. The first-order chi connectivity index (χ1) is 23.7. The summed E-state index contributed by atoms with van der Waals surface area (Å²) in [7, 11) is 0. The maximum atomic E-state index is 12.4. The Labute approximate surface area is 291 Å². The quantitative estimate of drug-likeness (QED) is 0.126. The molecule has 2 heterocycles. The molecule has 3 fully saturated rings. The SMILES string of the molecule is C[C@H](CCCCNC(=O)N[C@@H]1[C@@H](O)[C@H](O)[C@@H](CO)O[C@H]1O)c1ccc(Cl)c(COC2(c3cnccc3-c3ccccc3OC3CC3)CC2)c1. The first-order valence-corrected chi connectivity index (χ1v) is 17.5. The molecular formula is C37H46ClN3O8. The van der Waals surface area contributed by atoms with Crippen LogP contribution in [0.2, 0.25) is 5.02 Å². The van der Waals surface area contributed by atoms with E-state index in [0.29, 0.717) is 30.7 Å². The topological polar surface area (TPSA) is 163 Å². The van der Waals surface area contributed by atoms with Gasteiger partial charge in [-0.1, -0.05) is 55.3 Å². The molecule has 1 saturated heterocycles. The lowest BCUT2D eigenvalue weighted by Gasteiger charge is -2.40. The molecule has 1 aliphatic heterocycles. The minimum Gasteiger partial charge on any atom is -0.490 e. The van der Waals surface area contributed by atoms with E-state index in [9.17, 15) is 25.2 Å². The van der Waals surface area contributed by atoms with Crippen LogP contribution in [0.25, 0.3) is 11.1 Å². The number of hydrogen-bond acceptors (Lipinski definition) is 9. The van der Waals surface area contributed by atoms with Gasteiger partial charge in [-0.05, 0) is 79.3 Å². The Kier molecular flexibility index (Phi) is 11.4. The maximum Gasteiger partial charge on any atom is 0.315 e. The number of halogens is 1. The molecular weight excluding hydrogens is 650 g/mol. The second-order valence-electron chi connectivity index (χ2n) is 13.4. The van der Waals surface area contributed by atoms with Crippen LogP contribution in [0, 0.1) is 0 Å². The van der Waals surface area contributed by atoms with Gasteiger partial charge in [0.05, 0.1) is 24.9 Å². The van der Waals surface area contributed by atoms with E-state index in [1.807, 2.05) is 48.8 Å². The van der Waals surface area contributed by atoms with Gasteiger partial charge >= 0.3 is 6.03 Å². The van der Waals surface area contributed by atoms with Crippen molar-refractivity contribution >= 4 is 17.6 Å². The highest BCUT2D eigenvalue weighted by Crippen LogP contribution is 2.53. The molecule has 2 amide bonds. The second-order valence-corrected chi connectivity index (χ2v) is 13.8. The molecule has 11 nitrogen and oxygen atoms in total. The zero-order valence-electron chi connectivity index (χ0n) is 27.6. The molecule has 6 N–H and O–H groups in total. The van der Waals surface area contributed by atoms with E-state index in [0.717, 1.165) is 72.1 Å². The van der Waals surface area contributed by atoms with Crippen molar-refractivity contribution in [2.45, 2.75) is 107 Å². The molecule has 12 heteroatoms. The summed E-state index contributed by atoms with van der Waals surface area (Å²) >= 11 is 6.66. The van der Waals surface area contributed by atoms with Crippen LogP contribution in [0.4, 0.5) is 4.79 Å². The van der Waals surface area contributed by atoms with Crippen LogP contribution in [0.3, 0.4) is 0 Å². The number of para-hydroxylation sites is 1. The molecule has 3 aromatic rings. The summed E-state index contributed by atoms with van der Waals surface area (Å²) in [6.07, 6.45) is 4.86. The lowest BCUT2D eigenvalue weighted by Crippen LogP contribution is -2.65. The zero-order chi connectivity index (χ0) is 34.5. The Hall–Kier alpha value is -3.29. The van der Waals surface area contributed by atoms with Gasteiger partial charge in [-0.25, -0.2) is 4.79 Å². The average molecular weight is 696 g/mol. The summed E-state index contributed by atoms with van der Waals surface area (Å²) in [6.45, 7) is 2.35. The van der Waals surface area contributed by atoms with Gasteiger partial charge in [-0.15, -0.1) is 0 Å². The van der Waals surface area contributed by atoms with Crippen molar-refractivity contribution in [3.63, 3.8) is 0 Å². The number of urea groups is 1. The molecule has 2 aromatic carbocycles. The number of aliphatic hydroxyl groups is 4. The van der Waals surface area contributed by atoms with Crippen LogP contribution in [0.15, 0.2) is 60.9 Å². The predicted octanol–water partition coefficient (Wildman–Crippen LogP) is 4.52. The molecule has 49 heavy (non-hydrogen) atoms. The third kappa shape index (κ3) is 8.54. The third-order valence-corrected chi connectivity index (χ3v) is 10.1. The van der Waals surface area contributed by atoms with Crippen molar-refractivity contribution in [2.75, 3.05) is 13.2 Å². The van der Waals surface area contributed by atoms with Crippen LogP contribution >= 0.6 is 11.6 Å². The number of hydrogen-bond donors (Lipinski definition) is 6. The van der Waals surface area contributed by atoms with Crippen molar-refractivity contribution in [1.82, 2.24) is 15.6 Å². The van der Waals surface area contributed by atoms with Crippen molar-refractivity contribution in [3.05, 3.63) is 82.6 Å². The first kappa shape index (κ1) is 35.5. The second kappa shape index (κ2) is 15.7. The number of carbonyl (C=O) groups is 1. The monoisotopic (exact) mass is 695 g/mol. The fraction of sp³-hybridized carbons (Fsp3) is 0.514. The Morgan fingerprint density at radius 3 is 2.63 bits per heavy atom. The van der Waals surface area contributed by atoms with E-state index in [-0.39, 0.29) is 5.92 Å². The van der Waals surface area contributed by atoms with Gasteiger partial charge in [0.2, 0.25) is 0 Å².